The summed E-state index contributed by atoms with van der Waals surface area (Å²) in [7, 11) is 0. The van der Waals surface area contributed by atoms with Gasteiger partial charge in [0.05, 0.1) is 0 Å². The first-order valence-corrected chi connectivity index (χ1v) is 7.24. The van der Waals surface area contributed by atoms with Gasteiger partial charge in [-0.1, -0.05) is 42.2 Å². The minimum absolute atomic E-state index is 0.285. The van der Waals surface area contributed by atoms with Crippen LogP contribution >= 0.6 is 11.3 Å². The molecule has 0 spiro atoms. The van der Waals surface area contributed by atoms with Crippen molar-refractivity contribution in [1.29, 1.82) is 0 Å². The van der Waals surface area contributed by atoms with Crippen LogP contribution < -0.4 is 5.32 Å². The van der Waals surface area contributed by atoms with Crippen molar-refractivity contribution in [3.63, 3.8) is 0 Å². The molecule has 0 aliphatic carbocycles. The molecule has 1 aromatic heterocycles. The van der Waals surface area contributed by atoms with Gasteiger partial charge in [-0.2, -0.15) is 11.3 Å². The molecule has 1 aromatic carbocycles. The topological polar surface area (TPSA) is 38.3 Å². The maximum Gasteiger partial charge on any atom is 0.407 e. The van der Waals surface area contributed by atoms with Crippen molar-refractivity contribution in [2.75, 3.05) is 6.54 Å². The molecule has 20 heavy (non-hydrogen) atoms. The van der Waals surface area contributed by atoms with Crippen LogP contribution in [0.5, 0.6) is 0 Å². The van der Waals surface area contributed by atoms with E-state index >= 15 is 0 Å². The molecule has 0 aliphatic heterocycles. The molecule has 102 valence electrons. The van der Waals surface area contributed by atoms with Gasteiger partial charge in [0.25, 0.3) is 0 Å². The Hall–Kier alpha value is -2.25. The van der Waals surface area contributed by atoms with Gasteiger partial charge in [-0.05, 0) is 17.0 Å². The Morgan fingerprint density at radius 3 is 2.85 bits per heavy atom. The largest absolute Gasteiger partial charge is 0.445 e. The maximum absolute atomic E-state index is 11.4. The summed E-state index contributed by atoms with van der Waals surface area (Å²) in [5, 5.41) is 6.66. The molecule has 2 aromatic rings. The number of hydrogen-bond acceptors (Lipinski definition) is 3. The lowest BCUT2D eigenvalue weighted by Gasteiger charge is -2.05. The Morgan fingerprint density at radius 2 is 2.10 bits per heavy atom. The molecule has 1 heterocycles. The summed E-state index contributed by atoms with van der Waals surface area (Å²) in [6.07, 6.45) is 0.196. The lowest BCUT2D eigenvalue weighted by molar-refractivity contribution is 0.140. The average Bonchev–Trinajstić information content (AvgIpc) is 2.99. The summed E-state index contributed by atoms with van der Waals surface area (Å²) >= 11 is 1.62. The molecule has 0 aliphatic rings. The van der Waals surface area contributed by atoms with Gasteiger partial charge in [-0.3, -0.25) is 0 Å². The quantitative estimate of drug-likeness (QED) is 0.690. The summed E-state index contributed by atoms with van der Waals surface area (Å²) in [5.74, 6) is 6.03. The first-order valence-electron chi connectivity index (χ1n) is 6.30. The van der Waals surface area contributed by atoms with Gasteiger partial charge < -0.3 is 10.1 Å². The molecule has 0 saturated heterocycles. The average molecular weight is 285 g/mol. The van der Waals surface area contributed by atoms with Gasteiger partial charge in [0.2, 0.25) is 0 Å². The lowest BCUT2D eigenvalue weighted by Crippen LogP contribution is -2.24. The lowest BCUT2D eigenvalue weighted by atomic mass is 10.2. The van der Waals surface area contributed by atoms with E-state index in [2.05, 4.69) is 17.2 Å². The standard InChI is InChI=1S/C16H15NO2S/c18-16(19-12-14-6-2-1-3-7-14)17-10-5-4-8-15-9-11-20-13-15/h1-3,6-7,9,11,13H,5,10,12H2,(H,17,18). The first-order chi connectivity index (χ1) is 9.84. The summed E-state index contributed by atoms with van der Waals surface area (Å²) < 4.78 is 5.08. The van der Waals surface area contributed by atoms with Gasteiger partial charge in [0.15, 0.2) is 0 Å². The number of rotatable bonds is 4. The summed E-state index contributed by atoms with van der Waals surface area (Å²) in [6, 6.07) is 11.6. The third-order valence-electron chi connectivity index (χ3n) is 2.49. The monoisotopic (exact) mass is 285 g/mol. The third kappa shape index (κ3) is 5.17. The molecule has 0 saturated carbocycles. The molecule has 0 radical (unpaired) electrons. The van der Waals surface area contributed by atoms with Crippen molar-refractivity contribution < 1.29 is 9.53 Å². The van der Waals surface area contributed by atoms with Gasteiger partial charge in [-0.15, -0.1) is 0 Å². The molecule has 4 heteroatoms. The molecule has 0 bridgehead atoms. The van der Waals surface area contributed by atoms with E-state index < -0.39 is 6.09 Å². The summed E-state index contributed by atoms with van der Waals surface area (Å²) in [4.78, 5) is 11.4. The van der Waals surface area contributed by atoms with Crippen LogP contribution in [0, 0.1) is 11.8 Å². The zero-order valence-corrected chi connectivity index (χ0v) is 11.8. The number of ether oxygens (including phenoxy) is 1. The minimum atomic E-state index is -0.411. The first kappa shape index (κ1) is 14.2. The molecular weight excluding hydrogens is 270 g/mol. The number of hydrogen-bond donors (Lipinski definition) is 1. The fourth-order valence-electron chi connectivity index (χ4n) is 1.50. The van der Waals surface area contributed by atoms with Crippen molar-refractivity contribution in [3.8, 4) is 11.8 Å². The smallest absolute Gasteiger partial charge is 0.407 e. The number of amides is 1. The fraction of sp³-hybridized carbons (Fsp3) is 0.188. The molecule has 1 N–H and O–H groups in total. The van der Waals surface area contributed by atoms with Crippen LogP contribution in [-0.2, 0) is 11.3 Å². The van der Waals surface area contributed by atoms with Crippen LogP contribution in [0.3, 0.4) is 0 Å². The van der Waals surface area contributed by atoms with Gasteiger partial charge >= 0.3 is 6.09 Å². The second kappa shape index (κ2) is 8.03. The van der Waals surface area contributed by atoms with E-state index in [-0.39, 0.29) is 6.61 Å². The number of nitrogens with one attached hydrogen (secondary N) is 1. The van der Waals surface area contributed by atoms with Gasteiger partial charge in [0, 0.05) is 23.9 Å². The van der Waals surface area contributed by atoms with Crippen molar-refractivity contribution in [2.24, 2.45) is 0 Å². The number of carbonyl (C=O) groups is 1. The Balaban J connectivity index is 1.61. The predicted molar refractivity (Wildman–Crippen MR) is 80.4 cm³/mol. The number of carbonyl (C=O) groups excluding carboxylic acids is 1. The van der Waals surface area contributed by atoms with E-state index in [1.54, 1.807) is 11.3 Å². The van der Waals surface area contributed by atoms with Crippen molar-refractivity contribution in [3.05, 3.63) is 58.3 Å². The maximum atomic E-state index is 11.4. The van der Waals surface area contributed by atoms with E-state index in [4.69, 9.17) is 4.74 Å². The molecule has 3 nitrogen and oxygen atoms in total. The zero-order chi connectivity index (χ0) is 14.0. The molecule has 1 amide bonds. The Morgan fingerprint density at radius 1 is 1.25 bits per heavy atom. The van der Waals surface area contributed by atoms with Gasteiger partial charge in [0.1, 0.15) is 6.61 Å². The number of alkyl carbamates (subject to hydrolysis) is 1. The fourth-order valence-corrected chi connectivity index (χ4v) is 2.09. The van der Waals surface area contributed by atoms with Gasteiger partial charge in [-0.25, -0.2) is 4.79 Å². The van der Waals surface area contributed by atoms with Crippen LogP contribution in [0.15, 0.2) is 47.2 Å². The van der Waals surface area contributed by atoms with Crippen LogP contribution in [0.4, 0.5) is 4.79 Å². The van der Waals surface area contributed by atoms with Crippen molar-refractivity contribution >= 4 is 17.4 Å². The van der Waals surface area contributed by atoms with Crippen LogP contribution in [0.25, 0.3) is 0 Å². The Bertz CT molecular complexity index is 582. The Labute approximate surface area is 122 Å². The highest BCUT2D eigenvalue weighted by molar-refractivity contribution is 7.08. The summed E-state index contributed by atoms with van der Waals surface area (Å²) in [5.41, 5.74) is 1.99. The second-order valence-electron chi connectivity index (χ2n) is 4.05. The van der Waals surface area contributed by atoms with Crippen LogP contribution in [-0.4, -0.2) is 12.6 Å². The molecular formula is C16H15NO2S. The number of benzene rings is 1. The third-order valence-corrected chi connectivity index (χ3v) is 3.17. The van der Waals surface area contributed by atoms with Crippen molar-refractivity contribution in [1.82, 2.24) is 5.32 Å². The Kier molecular flexibility index (Phi) is 5.69. The van der Waals surface area contributed by atoms with E-state index in [9.17, 15) is 4.79 Å². The summed E-state index contributed by atoms with van der Waals surface area (Å²) in [6.45, 7) is 0.776. The SMILES string of the molecule is O=C(NCCC#Cc1ccsc1)OCc1ccccc1. The highest BCUT2D eigenvalue weighted by Crippen LogP contribution is 2.03. The van der Waals surface area contributed by atoms with Crippen LogP contribution in [0.2, 0.25) is 0 Å². The number of thiophene rings is 1. The highest BCUT2D eigenvalue weighted by atomic mass is 32.1. The molecule has 2 rings (SSSR count). The molecule has 0 unspecified atom stereocenters. The highest BCUT2D eigenvalue weighted by Gasteiger charge is 2.00. The zero-order valence-electron chi connectivity index (χ0n) is 11.0. The van der Waals surface area contributed by atoms with E-state index in [0.29, 0.717) is 13.0 Å². The van der Waals surface area contributed by atoms with E-state index in [1.165, 1.54) is 0 Å². The molecule has 0 fully saturated rings. The normalized spacial score (nSPS) is 9.40. The second-order valence-corrected chi connectivity index (χ2v) is 4.83. The van der Waals surface area contributed by atoms with Crippen molar-refractivity contribution in [2.45, 2.75) is 13.0 Å². The predicted octanol–water partition coefficient (Wildman–Crippen LogP) is 3.42. The van der Waals surface area contributed by atoms with E-state index in [0.717, 1.165) is 11.1 Å². The minimum Gasteiger partial charge on any atom is -0.445 e. The van der Waals surface area contributed by atoms with Crippen LogP contribution in [0.1, 0.15) is 17.5 Å². The van der Waals surface area contributed by atoms with E-state index in [1.807, 2.05) is 47.2 Å². The molecule has 0 atom stereocenters.